The van der Waals surface area contributed by atoms with E-state index in [0.717, 1.165) is 30.2 Å². The number of nitrogens with one attached hydrogen (secondary N) is 1. The first-order valence-electron chi connectivity index (χ1n) is 7.40. The third-order valence-electron chi connectivity index (χ3n) is 3.80. The van der Waals surface area contributed by atoms with Crippen molar-refractivity contribution < 1.29 is 4.79 Å². The summed E-state index contributed by atoms with van der Waals surface area (Å²) in [7, 11) is 0. The largest absolute Gasteiger partial charge is 0.364 e. The van der Waals surface area contributed by atoms with Gasteiger partial charge < -0.3 is 10.2 Å². The number of hydrogen-bond donors (Lipinski definition) is 1. The van der Waals surface area contributed by atoms with Crippen molar-refractivity contribution in [3.8, 4) is 0 Å². The molecule has 0 aliphatic carbocycles. The van der Waals surface area contributed by atoms with E-state index in [1.165, 1.54) is 0 Å². The average Bonchev–Trinajstić information content (AvgIpc) is 2.44. The van der Waals surface area contributed by atoms with Crippen LogP contribution in [0.1, 0.15) is 36.6 Å². The summed E-state index contributed by atoms with van der Waals surface area (Å²) in [5, 5.41) is 3.27. The molecule has 1 N–H and O–H groups in total. The first kappa shape index (κ1) is 14.4. The maximum Gasteiger partial charge on any atom is 0.220 e. The third-order valence-corrected chi connectivity index (χ3v) is 3.80. The lowest BCUT2D eigenvalue weighted by Gasteiger charge is -2.40. The molecule has 1 amide bonds. The Bertz CT molecular complexity index is 673. The number of pyridine rings is 1. The molecule has 6 nitrogen and oxygen atoms in total. The Kier molecular flexibility index (Phi) is 4.00. The van der Waals surface area contributed by atoms with Gasteiger partial charge in [0.05, 0.1) is 24.0 Å². The minimum Gasteiger partial charge on any atom is -0.364 e. The Balaban J connectivity index is 1.74. The molecular formula is C16H19N5O. The van der Waals surface area contributed by atoms with Gasteiger partial charge >= 0.3 is 0 Å². The van der Waals surface area contributed by atoms with Crippen LogP contribution in [0.5, 0.6) is 0 Å². The summed E-state index contributed by atoms with van der Waals surface area (Å²) >= 11 is 0. The molecule has 114 valence electrons. The van der Waals surface area contributed by atoms with Crippen LogP contribution in [0.4, 0.5) is 5.82 Å². The van der Waals surface area contributed by atoms with Crippen LogP contribution in [0.3, 0.4) is 0 Å². The zero-order valence-corrected chi connectivity index (χ0v) is 12.8. The van der Waals surface area contributed by atoms with E-state index in [2.05, 4.69) is 20.3 Å². The van der Waals surface area contributed by atoms with Gasteiger partial charge in [0.15, 0.2) is 0 Å². The molecule has 1 unspecified atom stereocenters. The van der Waals surface area contributed by atoms with E-state index in [9.17, 15) is 4.79 Å². The second kappa shape index (κ2) is 6.09. The van der Waals surface area contributed by atoms with Gasteiger partial charge in [-0.3, -0.25) is 9.78 Å². The van der Waals surface area contributed by atoms with Crippen molar-refractivity contribution in [2.24, 2.45) is 0 Å². The second-order valence-corrected chi connectivity index (χ2v) is 5.42. The highest BCUT2D eigenvalue weighted by atomic mass is 16.2. The highest BCUT2D eigenvalue weighted by molar-refractivity contribution is 5.74. The van der Waals surface area contributed by atoms with Gasteiger partial charge in [0, 0.05) is 25.7 Å². The molecule has 1 saturated heterocycles. The number of nitrogens with zero attached hydrogens (tertiary/aromatic N) is 4. The minimum atomic E-state index is 0.0783. The molecule has 0 spiro atoms. The fourth-order valence-corrected chi connectivity index (χ4v) is 2.61. The third kappa shape index (κ3) is 3.05. The molecule has 2 aromatic rings. The first-order chi connectivity index (χ1) is 10.6. The van der Waals surface area contributed by atoms with Crippen LogP contribution < -0.4 is 5.32 Å². The number of carbonyl (C=O) groups excluding carboxylic acids is 1. The minimum absolute atomic E-state index is 0.0783. The van der Waals surface area contributed by atoms with Gasteiger partial charge in [0.1, 0.15) is 11.6 Å². The summed E-state index contributed by atoms with van der Waals surface area (Å²) in [5.41, 5.74) is 1.85. The Labute approximate surface area is 129 Å². The van der Waals surface area contributed by atoms with Crippen molar-refractivity contribution >= 4 is 11.7 Å². The highest BCUT2D eigenvalue weighted by Gasteiger charge is 2.32. The van der Waals surface area contributed by atoms with Crippen LogP contribution >= 0.6 is 0 Å². The zero-order valence-electron chi connectivity index (χ0n) is 12.8. The van der Waals surface area contributed by atoms with Crippen molar-refractivity contribution in [3.05, 3.63) is 47.7 Å². The quantitative estimate of drug-likeness (QED) is 0.935. The van der Waals surface area contributed by atoms with Crippen LogP contribution in [0.15, 0.2) is 30.5 Å². The van der Waals surface area contributed by atoms with Crippen LogP contribution in [0.25, 0.3) is 0 Å². The Morgan fingerprint density at radius 2 is 2.27 bits per heavy atom. The monoisotopic (exact) mass is 297 g/mol. The van der Waals surface area contributed by atoms with Crippen LogP contribution in [0.2, 0.25) is 0 Å². The molecule has 0 radical (unpaired) electrons. The van der Waals surface area contributed by atoms with Gasteiger partial charge in [0.2, 0.25) is 5.91 Å². The lowest BCUT2D eigenvalue weighted by atomic mass is 9.99. The second-order valence-electron chi connectivity index (χ2n) is 5.42. The summed E-state index contributed by atoms with van der Waals surface area (Å²) in [4.78, 5) is 26.6. The number of aromatic nitrogens is 3. The predicted molar refractivity (Wildman–Crippen MR) is 83.1 cm³/mol. The summed E-state index contributed by atoms with van der Waals surface area (Å²) in [5.74, 6) is 1.57. The molecule has 3 heterocycles. The molecule has 0 saturated carbocycles. The molecule has 3 rings (SSSR count). The van der Waals surface area contributed by atoms with Crippen LogP contribution in [-0.4, -0.2) is 32.3 Å². The summed E-state index contributed by atoms with van der Waals surface area (Å²) in [6, 6.07) is 7.82. The van der Waals surface area contributed by atoms with Gasteiger partial charge in [-0.25, -0.2) is 9.97 Å². The number of aryl methyl sites for hydroxylation is 1. The van der Waals surface area contributed by atoms with E-state index < -0.39 is 0 Å². The molecule has 1 aliphatic rings. The van der Waals surface area contributed by atoms with Crippen LogP contribution in [-0.2, 0) is 11.3 Å². The lowest BCUT2D eigenvalue weighted by molar-refractivity contribution is -0.136. The van der Waals surface area contributed by atoms with Gasteiger partial charge in [-0.2, -0.15) is 0 Å². The van der Waals surface area contributed by atoms with E-state index in [1.807, 2.05) is 36.1 Å². The standard InChI is InChI=1S/C16H19N5O/c1-11-19-14(15-6-8-21(15)12(2)22)9-16(20-11)18-10-13-5-3-4-7-17-13/h3-5,7,9,15H,6,8,10H2,1-2H3,(H,18,19,20). The number of amides is 1. The molecule has 0 bridgehead atoms. The molecule has 22 heavy (non-hydrogen) atoms. The molecule has 0 aromatic carbocycles. The number of carbonyl (C=O) groups is 1. The first-order valence-corrected chi connectivity index (χ1v) is 7.40. The van der Waals surface area contributed by atoms with E-state index >= 15 is 0 Å². The smallest absolute Gasteiger partial charge is 0.220 e. The molecule has 6 heteroatoms. The van der Waals surface area contributed by atoms with E-state index in [-0.39, 0.29) is 11.9 Å². The summed E-state index contributed by atoms with van der Waals surface area (Å²) in [6.07, 6.45) is 2.72. The maximum atomic E-state index is 11.5. The molecule has 2 aromatic heterocycles. The van der Waals surface area contributed by atoms with Crippen molar-refractivity contribution in [1.82, 2.24) is 19.9 Å². The van der Waals surface area contributed by atoms with Crippen molar-refractivity contribution in [3.63, 3.8) is 0 Å². The summed E-state index contributed by atoms with van der Waals surface area (Å²) < 4.78 is 0. The van der Waals surface area contributed by atoms with Gasteiger partial charge in [-0.1, -0.05) is 6.07 Å². The van der Waals surface area contributed by atoms with E-state index in [4.69, 9.17) is 0 Å². The lowest BCUT2D eigenvalue weighted by Crippen LogP contribution is -2.44. The normalized spacial score (nSPS) is 17.0. The molecular weight excluding hydrogens is 278 g/mol. The average molecular weight is 297 g/mol. The van der Waals surface area contributed by atoms with E-state index in [1.54, 1.807) is 13.1 Å². The molecule has 1 atom stereocenters. The predicted octanol–water partition coefficient (Wildman–Crippen LogP) is 2.09. The van der Waals surface area contributed by atoms with Gasteiger partial charge in [0.25, 0.3) is 0 Å². The fraction of sp³-hybridized carbons (Fsp3) is 0.375. The Hall–Kier alpha value is -2.50. The van der Waals surface area contributed by atoms with Crippen molar-refractivity contribution in [2.75, 3.05) is 11.9 Å². The highest BCUT2D eigenvalue weighted by Crippen LogP contribution is 2.32. The van der Waals surface area contributed by atoms with Gasteiger partial charge in [-0.15, -0.1) is 0 Å². The van der Waals surface area contributed by atoms with Crippen molar-refractivity contribution in [2.45, 2.75) is 32.9 Å². The zero-order chi connectivity index (χ0) is 15.5. The Morgan fingerprint density at radius 3 is 2.91 bits per heavy atom. The number of hydrogen-bond acceptors (Lipinski definition) is 5. The molecule has 1 fully saturated rings. The SMILES string of the molecule is CC(=O)N1CCC1c1cc(NCc2ccccn2)nc(C)n1. The number of rotatable bonds is 4. The topological polar surface area (TPSA) is 71.0 Å². The van der Waals surface area contributed by atoms with Crippen molar-refractivity contribution in [1.29, 1.82) is 0 Å². The van der Waals surface area contributed by atoms with E-state index in [0.29, 0.717) is 12.4 Å². The van der Waals surface area contributed by atoms with Gasteiger partial charge in [-0.05, 0) is 25.5 Å². The molecule has 1 aliphatic heterocycles. The fourth-order valence-electron chi connectivity index (χ4n) is 2.61. The van der Waals surface area contributed by atoms with Crippen LogP contribution in [0, 0.1) is 6.92 Å². The summed E-state index contributed by atoms with van der Waals surface area (Å²) in [6.45, 7) is 4.88. The maximum absolute atomic E-state index is 11.5. The number of anilines is 1. The number of likely N-dealkylation sites (tertiary alicyclic amines) is 1. The Morgan fingerprint density at radius 1 is 1.41 bits per heavy atom.